The van der Waals surface area contributed by atoms with Crippen molar-refractivity contribution in [3.8, 4) is 0 Å². The monoisotopic (exact) mass is 281 g/mol. The van der Waals surface area contributed by atoms with Crippen LogP contribution in [-0.4, -0.2) is 15.9 Å². The lowest BCUT2D eigenvalue weighted by molar-refractivity contribution is 0.0950. The predicted octanol–water partition coefficient (Wildman–Crippen LogP) is 2.71. The summed E-state index contributed by atoms with van der Waals surface area (Å²) in [6.07, 6.45) is 4.68. The van der Waals surface area contributed by atoms with Crippen LogP contribution < -0.4 is 5.32 Å². The SMILES string of the molecule is O=C(NCc1cnc(Cl)c(Cl)c1)c1cccnc1. The van der Waals surface area contributed by atoms with E-state index in [0.29, 0.717) is 17.1 Å². The Bertz CT molecular complexity index is 561. The molecule has 6 heteroatoms. The van der Waals surface area contributed by atoms with Crippen LogP contribution in [0.5, 0.6) is 0 Å². The van der Waals surface area contributed by atoms with Gasteiger partial charge >= 0.3 is 0 Å². The highest BCUT2D eigenvalue weighted by Crippen LogP contribution is 2.19. The quantitative estimate of drug-likeness (QED) is 0.881. The normalized spacial score (nSPS) is 10.1. The molecule has 2 aromatic heterocycles. The van der Waals surface area contributed by atoms with Gasteiger partial charge in [0, 0.05) is 25.1 Å². The van der Waals surface area contributed by atoms with Gasteiger partial charge in [-0.25, -0.2) is 4.98 Å². The van der Waals surface area contributed by atoms with Gasteiger partial charge in [0.2, 0.25) is 0 Å². The molecule has 0 unspecified atom stereocenters. The standard InChI is InChI=1S/C12H9Cl2N3O/c13-10-4-8(5-16-11(10)14)6-17-12(18)9-2-1-3-15-7-9/h1-5,7H,6H2,(H,17,18). The van der Waals surface area contributed by atoms with Crippen LogP contribution >= 0.6 is 23.2 Å². The molecule has 0 aliphatic heterocycles. The largest absolute Gasteiger partial charge is 0.348 e. The lowest BCUT2D eigenvalue weighted by Crippen LogP contribution is -2.22. The number of nitrogens with one attached hydrogen (secondary N) is 1. The van der Waals surface area contributed by atoms with Crippen LogP contribution in [-0.2, 0) is 6.54 Å². The molecule has 0 aliphatic carbocycles. The molecule has 18 heavy (non-hydrogen) atoms. The van der Waals surface area contributed by atoms with E-state index in [1.54, 1.807) is 30.6 Å². The average Bonchev–Trinajstić information content (AvgIpc) is 2.41. The smallest absolute Gasteiger partial charge is 0.253 e. The fourth-order valence-electron chi connectivity index (χ4n) is 1.34. The predicted molar refractivity (Wildman–Crippen MR) is 69.7 cm³/mol. The number of hydrogen-bond acceptors (Lipinski definition) is 3. The Morgan fingerprint density at radius 1 is 1.33 bits per heavy atom. The first-order valence-corrected chi connectivity index (χ1v) is 5.90. The maximum absolute atomic E-state index is 11.7. The van der Waals surface area contributed by atoms with Crippen LogP contribution in [0, 0.1) is 0 Å². The molecule has 0 spiro atoms. The van der Waals surface area contributed by atoms with Crippen LogP contribution in [0.4, 0.5) is 0 Å². The van der Waals surface area contributed by atoms with E-state index >= 15 is 0 Å². The third-order valence-corrected chi connectivity index (χ3v) is 2.92. The summed E-state index contributed by atoms with van der Waals surface area (Å²) < 4.78 is 0. The van der Waals surface area contributed by atoms with Gasteiger partial charge in [-0.2, -0.15) is 0 Å². The minimum Gasteiger partial charge on any atom is -0.348 e. The van der Waals surface area contributed by atoms with Crippen molar-refractivity contribution < 1.29 is 4.79 Å². The first-order valence-electron chi connectivity index (χ1n) is 5.15. The van der Waals surface area contributed by atoms with Crippen molar-refractivity contribution in [2.75, 3.05) is 0 Å². The van der Waals surface area contributed by atoms with E-state index in [-0.39, 0.29) is 11.1 Å². The highest BCUT2D eigenvalue weighted by atomic mass is 35.5. The molecule has 1 N–H and O–H groups in total. The van der Waals surface area contributed by atoms with Crippen molar-refractivity contribution >= 4 is 29.1 Å². The molecule has 0 saturated carbocycles. The van der Waals surface area contributed by atoms with Crippen LogP contribution in [0.15, 0.2) is 36.8 Å². The number of carbonyl (C=O) groups excluding carboxylic acids is 1. The van der Waals surface area contributed by atoms with Crippen LogP contribution in [0.3, 0.4) is 0 Å². The fraction of sp³-hybridized carbons (Fsp3) is 0.0833. The minimum absolute atomic E-state index is 0.200. The van der Waals surface area contributed by atoms with Gasteiger partial charge in [0.15, 0.2) is 0 Å². The van der Waals surface area contributed by atoms with Gasteiger partial charge in [-0.3, -0.25) is 9.78 Å². The molecular formula is C12H9Cl2N3O. The summed E-state index contributed by atoms with van der Waals surface area (Å²) in [6.45, 7) is 0.331. The molecule has 0 aliphatic rings. The van der Waals surface area contributed by atoms with Crippen LogP contribution in [0.1, 0.15) is 15.9 Å². The fourth-order valence-corrected chi connectivity index (χ4v) is 1.63. The highest BCUT2D eigenvalue weighted by Gasteiger charge is 2.06. The van der Waals surface area contributed by atoms with Gasteiger partial charge in [0.25, 0.3) is 5.91 Å². The molecule has 2 aromatic rings. The Labute approximate surface area is 114 Å². The molecule has 1 amide bonds. The van der Waals surface area contributed by atoms with Crippen LogP contribution in [0.25, 0.3) is 0 Å². The molecule has 4 nitrogen and oxygen atoms in total. The van der Waals surface area contributed by atoms with Gasteiger partial charge < -0.3 is 5.32 Å². The summed E-state index contributed by atoms with van der Waals surface area (Å²) in [5.41, 5.74) is 1.28. The topological polar surface area (TPSA) is 54.9 Å². The lowest BCUT2D eigenvalue weighted by atomic mass is 10.2. The summed E-state index contributed by atoms with van der Waals surface area (Å²) in [7, 11) is 0. The van der Waals surface area contributed by atoms with Crippen molar-refractivity contribution in [3.05, 3.63) is 58.1 Å². The first-order chi connectivity index (χ1) is 8.66. The van der Waals surface area contributed by atoms with E-state index in [9.17, 15) is 4.79 Å². The Kier molecular flexibility index (Phi) is 4.12. The number of carbonyl (C=O) groups is 1. The molecule has 0 atom stereocenters. The second kappa shape index (κ2) is 5.80. The summed E-state index contributed by atoms with van der Waals surface area (Å²) in [5.74, 6) is -0.200. The highest BCUT2D eigenvalue weighted by molar-refractivity contribution is 6.41. The van der Waals surface area contributed by atoms with Crippen molar-refractivity contribution in [2.24, 2.45) is 0 Å². The number of amides is 1. The molecule has 0 saturated heterocycles. The van der Waals surface area contributed by atoms with E-state index in [1.807, 2.05) is 0 Å². The summed E-state index contributed by atoms with van der Waals surface area (Å²) in [4.78, 5) is 19.5. The van der Waals surface area contributed by atoms with Gasteiger partial charge in [-0.15, -0.1) is 0 Å². The second-order valence-electron chi connectivity index (χ2n) is 3.54. The maximum atomic E-state index is 11.7. The first kappa shape index (κ1) is 12.8. The number of hydrogen-bond donors (Lipinski definition) is 1. The lowest BCUT2D eigenvalue weighted by Gasteiger charge is -2.05. The molecule has 0 radical (unpaired) electrons. The van der Waals surface area contributed by atoms with E-state index in [4.69, 9.17) is 23.2 Å². The molecule has 2 rings (SSSR count). The zero-order chi connectivity index (χ0) is 13.0. The van der Waals surface area contributed by atoms with Gasteiger partial charge in [-0.1, -0.05) is 23.2 Å². The Balaban J connectivity index is 1.99. The van der Waals surface area contributed by atoms with E-state index in [0.717, 1.165) is 5.56 Å². The van der Waals surface area contributed by atoms with Gasteiger partial charge in [0.05, 0.1) is 10.6 Å². The van der Waals surface area contributed by atoms with E-state index < -0.39 is 0 Å². The number of nitrogens with zero attached hydrogens (tertiary/aromatic N) is 2. The van der Waals surface area contributed by atoms with Gasteiger partial charge in [-0.05, 0) is 23.8 Å². The number of aromatic nitrogens is 2. The van der Waals surface area contributed by atoms with Crippen LogP contribution in [0.2, 0.25) is 10.2 Å². The average molecular weight is 282 g/mol. The number of halogens is 2. The third kappa shape index (κ3) is 3.18. The van der Waals surface area contributed by atoms with Crippen molar-refractivity contribution in [1.82, 2.24) is 15.3 Å². The summed E-state index contributed by atoms with van der Waals surface area (Å²) in [5, 5.41) is 3.36. The van der Waals surface area contributed by atoms with Crippen molar-refractivity contribution in [1.29, 1.82) is 0 Å². The summed E-state index contributed by atoms with van der Waals surface area (Å²) in [6, 6.07) is 5.06. The molecule has 0 aromatic carbocycles. The number of pyridine rings is 2. The summed E-state index contributed by atoms with van der Waals surface area (Å²) >= 11 is 11.5. The zero-order valence-electron chi connectivity index (χ0n) is 9.23. The zero-order valence-corrected chi connectivity index (χ0v) is 10.7. The maximum Gasteiger partial charge on any atom is 0.253 e. The van der Waals surface area contributed by atoms with E-state index in [1.165, 1.54) is 6.20 Å². The second-order valence-corrected chi connectivity index (χ2v) is 4.31. The van der Waals surface area contributed by atoms with Gasteiger partial charge in [0.1, 0.15) is 5.15 Å². The Hall–Kier alpha value is -1.65. The third-order valence-electron chi connectivity index (χ3n) is 2.23. The Morgan fingerprint density at radius 3 is 2.83 bits per heavy atom. The molecular weight excluding hydrogens is 273 g/mol. The Morgan fingerprint density at radius 2 is 2.17 bits per heavy atom. The number of rotatable bonds is 3. The van der Waals surface area contributed by atoms with Crippen molar-refractivity contribution in [2.45, 2.75) is 6.54 Å². The van der Waals surface area contributed by atoms with E-state index in [2.05, 4.69) is 15.3 Å². The minimum atomic E-state index is -0.200. The molecule has 2 heterocycles. The molecule has 92 valence electrons. The molecule has 0 fully saturated rings. The molecule has 0 bridgehead atoms. The van der Waals surface area contributed by atoms with Crippen molar-refractivity contribution in [3.63, 3.8) is 0 Å².